The summed E-state index contributed by atoms with van der Waals surface area (Å²) in [7, 11) is 1.83. The van der Waals surface area contributed by atoms with E-state index in [1.54, 1.807) is 11.0 Å². The zero-order valence-electron chi connectivity index (χ0n) is 23.0. The molecule has 0 aliphatic carbocycles. The van der Waals surface area contributed by atoms with E-state index in [1.807, 2.05) is 49.5 Å². The van der Waals surface area contributed by atoms with Crippen LogP contribution in [0.25, 0.3) is 11.3 Å². The third-order valence-electron chi connectivity index (χ3n) is 7.60. The summed E-state index contributed by atoms with van der Waals surface area (Å²) in [4.78, 5) is 30.8. The number of carbonyl (C=O) groups is 2. The minimum Gasteiger partial charge on any atom is -0.354 e. The summed E-state index contributed by atoms with van der Waals surface area (Å²) in [6.45, 7) is 6.11. The number of hydrogen-bond donors (Lipinski definition) is 2. The fraction of sp³-hybridized carbons (Fsp3) is 0.333. The van der Waals surface area contributed by atoms with E-state index in [2.05, 4.69) is 46.7 Å². The summed E-state index contributed by atoms with van der Waals surface area (Å²) in [5, 5.41) is 6.55. The van der Waals surface area contributed by atoms with Gasteiger partial charge in [0.15, 0.2) is 0 Å². The Balaban J connectivity index is 1.47. The number of benzene rings is 3. The molecule has 0 spiro atoms. The van der Waals surface area contributed by atoms with Gasteiger partial charge < -0.3 is 15.5 Å². The van der Waals surface area contributed by atoms with Crippen molar-refractivity contribution in [3.05, 3.63) is 95.1 Å². The molecule has 202 valence electrons. The molecule has 0 bridgehead atoms. The van der Waals surface area contributed by atoms with Crippen LogP contribution in [0.1, 0.15) is 66.1 Å². The van der Waals surface area contributed by atoms with Gasteiger partial charge in [-0.1, -0.05) is 62.2 Å². The first kappa shape index (κ1) is 26.7. The molecule has 5 rings (SSSR count). The molecule has 0 atom stereocenters. The summed E-state index contributed by atoms with van der Waals surface area (Å²) >= 11 is 0. The fourth-order valence-electron chi connectivity index (χ4n) is 5.36. The molecule has 0 aromatic heterocycles. The number of fused-ring (bicyclic) bond motifs is 1. The lowest BCUT2D eigenvalue weighted by Crippen LogP contribution is -2.29. The highest BCUT2D eigenvalue weighted by molar-refractivity contribution is 6.37. The van der Waals surface area contributed by atoms with E-state index in [9.17, 15) is 9.59 Å². The monoisotopic (exact) mass is 522 g/mol. The molecule has 3 aromatic carbocycles. The van der Waals surface area contributed by atoms with Crippen LogP contribution in [-0.4, -0.2) is 48.3 Å². The second-order valence-corrected chi connectivity index (χ2v) is 10.6. The third-order valence-corrected chi connectivity index (χ3v) is 7.60. The van der Waals surface area contributed by atoms with Crippen LogP contribution in [0, 0.1) is 0 Å². The number of amides is 2. The van der Waals surface area contributed by atoms with Crippen molar-refractivity contribution in [2.75, 3.05) is 37.3 Å². The van der Waals surface area contributed by atoms with E-state index < -0.39 is 0 Å². The molecule has 0 radical (unpaired) electrons. The van der Waals surface area contributed by atoms with Gasteiger partial charge in [0.1, 0.15) is 0 Å². The van der Waals surface area contributed by atoms with Crippen molar-refractivity contribution in [1.29, 1.82) is 0 Å². The van der Waals surface area contributed by atoms with Gasteiger partial charge >= 0.3 is 0 Å². The van der Waals surface area contributed by atoms with E-state index >= 15 is 0 Å². The van der Waals surface area contributed by atoms with E-state index in [0.717, 1.165) is 60.7 Å². The average Bonchev–Trinajstić information content (AvgIpc) is 3.30. The summed E-state index contributed by atoms with van der Waals surface area (Å²) < 4.78 is 0. The topological polar surface area (TPSA) is 64.7 Å². The number of likely N-dealkylation sites (tertiary alicyclic amines) is 1. The van der Waals surface area contributed by atoms with Crippen LogP contribution in [0.5, 0.6) is 0 Å². The van der Waals surface area contributed by atoms with Gasteiger partial charge in [-0.3, -0.25) is 14.5 Å². The lowest BCUT2D eigenvalue weighted by atomic mass is 9.98. The Morgan fingerprint density at radius 1 is 0.949 bits per heavy atom. The molecule has 2 heterocycles. The largest absolute Gasteiger partial charge is 0.354 e. The number of rotatable bonds is 9. The minimum absolute atomic E-state index is 0.0385. The highest BCUT2D eigenvalue weighted by Gasteiger charge is 2.30. The number of hydrogen-bond acceptors (Lipinski definition) is 4. The van der Waals surface area contributed by atoms with Gasteiger partial charge in [-0.25, -0.2) is 0 Å². The summed E-state index contributed by atoms with van der Waals surface area (Å²) in [6.07, 6.45) is 5.87. The van der Waals surface area contributed by atoms with Crippen LogP contribution >= 0.6 is 0 Å². The molecule has 39 heavy (non-hydrogen) atoms. The number of piperidine rings is 1. The van der Waals surface area contributed by atoms with Crippen molar-refractivity contribution < 1.29 is 9.59 Å². The number of anilines is 2. The summed E-state index contributed by atoms with van der Waals surface area (Å²) in [5.41, 5.74) is 6.41. The van der Waals surface area contributed by atoms with E-state index in [0.29, 0.717) is 17.7 Å². The Labute approximate surface area is 231 Å². The molecular formula is C33H38N4O2. The maximum Gasteiger partial charge on any atom is 0.258 e. The van der Waals surface area contributed by atoms with E-state index in [1.165, 1.54) is 24.8 Å². The summed E-state index contributed by atoms with van der Waals surface area (Å²) in [6, 6.07) is 23.9. The zero-order chi connectivity index (χ0) is 27.2. The smallest absolute Gasteiger partial charge is 0.258 e. The molecule has 2 aliphatic rings. The molecule has 2 amide bonds. The van der Waals surface area contributed by atoms with Crippen molar-refractivity contribution in [3.8, 4) is 0 Å². The van der Waals surface area contributed by atoms with Crippen LogP contribution in [0.4, 0.5) is 11.4 Å². The van der Waals surface area contributed by atoms with Gasteiger partial charge in [0.25, 0.3) is 11.8 Å². The maximum atomic E-state index is 13.4. The van der Waals surface area contributed by atoms with Gasteiger partial charge in [-0.05, 0) is 73.8 Å². The van der Waals surface area contributed by atoms with Crippen LogP contribution < -0.4 is 10.6 Å². The standard InChI is InChI=1S/C33H38N4O2/c1-3-4-19-36(2)33(39)26-15-18-29-28(22-26)30(32(38)35-29)31(25-11-7-5-8-12-25)34-27-16-13-24(14-17-27)23-37-20-9-6-10-21-37/h5,7-8,11-18,22,34H,3-4,6,9-10,19-21,23H2,1-2H3,(H,35,38). The SMILES string of the molecule is CCCCN(C)C(=O)c1ccc2c(c1)C(=C(Nc1ccc(CN3CCCCC3)cc1)c1ccccc1)C(=O)N2. The predicted molar refractivity (Wildman–Crippen MR) is 159 cm³/mol. The molecule has 2 N–H and O–H groups in total. The second-order valence-electron chi connectivity index (χ2n) is 10.6. The quantitative estimate of drug-likeness (QED) is 0.316. The van der Waals surface area contributed by atoms with Gasteiger partial charge in [-0.15, -0.1) is 0 Å². The van der Waals surface area contributed by atoms with Crippen molar-refractivity contribution >= 4 is 34.5 Å². The first-order chi connectivity index (χ1) is 19.0. The third kappa shape index (κ3) is 6.23. The van der Waals surface area contributed by atoms with Crippen molar-refractivity contribution in [2.24, 2.45) is 0 Å². The van der Waals surface area contributed by atoms with E-state index in [4.69, 9.17) is 0 Å². The maximum absolute atomic E-state index is 13.4. The number of nitrogens with zero attached hydrogens (tertiary/aromatic N) is 2. The number of carbonyl (C=O) groups excluding carboxylic acids is 2. The van der Waals surface area contributed by atoms with Crippen LogP contribution in [-0.2, 0) is 11.3 Å². The van der Waals surface area contributed by atoms with Gasteiger partial charge in [-0.2, -0.15) is 0 Å². The highest BCUT2D eigenvalue weighted by Crippen LogP contribution is 2.38. The minimum atomic E-state index is -0.179. The molecular weight excluding hydrogens is 484 g/mol. The second kappa shape index (κ2) is 12.3. The predicted octanol–water partition coefficient (Wildman–Crippen LogP) is 6.48. The molecule has 6 heteroatoms. The van der Waals surface area contributed by atoms with Crippen LogP contribution in [0.15, 0.2) is 72.8 Å². The Morgan fingerprint density at radius 2 is 1.69 bits per heavy atom. The molecule has 1 saturated heterocycles. The first-order valence-electron chi connectivity index (χ1n) is 14.1. The number of nitrogens with one attached hydrogen (secondary N) is 2. The van der Waals surface area contributed by atoms with Gasteiger partial charge in [0.05, 0.1) is 11.3 Å². The molecule has 0 saturated carbocycles. The van der Waals surface area contributed by atoms with Gasteiger partial charge in [0.2, 0.25) is 0 Å². The van der Waals surface area contributed by atoms with Crippen LogP contribution in [0.3, 0.4) is 0 Å². The Hall–Kier alpha value is -3.90. The lowest BCUT2D eigenvalue weighted by Gasteiger charge is -2.26. The molecule has 2 aliphatic heterocycles. The number of unbranched alkanes of at least 4 members (excludes halogenated alkanes) is 1. The van der Waals surface area contributed by atoms with Gasteiger partial charge in [0, 0.05) is 42.6 Å². The Kier molecular flexibility index (Phi) is 8.42. The average molecular weight is 523 g/mol. The fourth-order valence-corrected chi connectivity index (χ4v) is 5.36. The van der Waals surface area contributed by atoms with E-state index in [-0.39, 0.29) is 11.8 Å². The highest BCUT2D eigenvalue weighted by atomic mass is 16.2. The molecule has 1 fully saturated rings. The zero-order valence-corrected chi connectivity index (χ0v) is 23.0. The first-order valence-corrected chi connectivity index (χ1v) is 14.1. The Morgan fingerprint density at radius 3 is 2.41 bits per heavy atom. The summed E-state index contributed by atoms with van der Waals surface area (Å²) in [5.74, 6) is -0.217. The molecule has 6 nitrogen and oxygen atoms in total. The van der Waals surface area contributed by atoms with Crippen molar-refractivity contribution in [3.63, 3.8) is 0 Å². The van der Waals surface area contributed by atoms with Crippen molar-refractivity contribution in [1.82, 2.24) is 9.80 Å². The Bertz CT molecular complexity index is 1340. The normalized spacial score (nSPS) is 16.4. The van der Waals surface area contributed by atoms with Crippen molar-refractivity contribution in [2.45, 2.75) is 45.6 Å². The lowest BCUT2D eigenvalue weighted by molar-refractivity contribution is -0.110. The molecule has 0 unspecified atom stereocenters. The van der Waals surface area contributed by atoms with Crippen LogP contribution in [0.2, 0.25) is 0 Å². The molecule has 3 aromatic rings.